The fourth-order valence-electron chi connectivity index (χ4n) is 2.50. The zero-order valence-corrected chi connectivity index (χ0v) is 14.0. The van der Waals surface area contributed by atoms with Crippen LogP contribution >= 0.6 is 11.6 Å². The number of halogens is 2. The molecule has 24 heavy (non-hydrogen) atoms. The number of amides is 1. The molecule has 2 aromatic rings. The van der Waals surface area contributed by atoms with Gasteiger partial charge < -0.3 is 5.32 Å². The second kappa shape index (κ2) is 6.51. The molecule has 0 spiro atoms. The smallest absolute Gasteiger partial charge is 0.240 e. The summed E-state index contributed by atoms with van der Waals surface area (Å²) in [5.74, 6) is -0.630. The number of fused-ring (bicyclic) bond motifs is 1. The van der Waals surface area contributed by atoms with Crippen LogP contribution in [0.2, 0.25) is 5.02 Å². The fourth-order valence-corrected chi connectivity index (χ4v) is 3.74. The summed E-state index contributed by atoms with van der Waals surface area (Å²) in [5, 5.41) is 2.93. The number of sulfonamides is 1. The van der Waals surface area contributed by atoms with Crippen molar-refractivity contribution in [3.05, 3.63) is 58.4 Å². The largest absolute Gasteiger partial charge is 0.326 e. The molecular formula is C16H14ClFN2O3S. The molecule has 1 amide bonds. The third-order valence-electron chi connectivity index (χ3n) is 3.71. The molecule has 0 aromatic heterocycles. The molecule has 2 aromatic carbocycles. The zero-order valence-electron chi connectivity index (χ0n) is 12.5. The predicted molar refractivity (Wildman–Crippen MR) is 89.1 cm³/mol. The predicted octanol–water partition coefficient (Wildman–Crippen LogP) is 2.49. The van der Waals surface area contributed by atoms with Gasteiger partial charge in [0.15, 0.2) is 0 Å². The SMILES string of the molecule is O=C1Cc2cc(S(=O)(=O)NCCc3ccc(Cl)cc3F)ccc2N1. The van der Waals surface area contributed by atoms with E-state index in [-0.39, 0.29) is 35.2 Å². The Balaban J connectivity index is 1.68. The van der Waals surface area contributed by atoms with Crippen LogP contribution in [0.4, 0.5) is 10.1 Å². The highest BCUT2D eigenvalue weighted by atomic mass is 35.5. The summed E-state index contributed by atoms with van der Waals surface area (Å²) in [4.78, 5) is 11.4. The van der Waals surface area contributed by atoms with Gasteiger partial charge >= 0.3 is 0 Å². The Bertz CT molecular complexity index is 916. The van der Waals surface area contributed by atoms with Crippen molar-refractivity contribution in [3.8, 4) is 0 Å². The van der Waals surface area contributed by atoms with E-state index in [0.29, 0.717) is 16.8 Å². The lowest BCUT2D eigenvalue weighted by Crippen LogP contribution is -2.26. The summed E-state index contributed by atoms with van der Waals surface area (Å²) in [7, 11) is -3.73. The van der Waals surface area contributed by atoms with Crippen LogP contribution in [0.25, 0.3) is 0 Å². The molecule has 1 heterocycles. The monoisotopic (exact) mass is 368 g/mol. The number of carbonyl (C=O) groups is 1. The fraction of sp³-hybridized carbons (Fsp3) is 0.188. The van der Waals surface area contributed by atoms with Crippen LogP contribution in [0.1, 0.15) is 11.1 Å². The van der Waals surface area contributed by atoms with E-state index >= 15 is 0 Å². The lowest BCUT2D eigenvalue weighted by molar-refractivity contribution is -0.115. The summed E-state index contributed by atoms with van der Waals surface area (Å²) in [6.45, 7) is 0.0507. The third-order valence-corrected chi connectivity index (χ3v) is 5.41. The zero-order chi connectivity index (χ0) is 17.3. The lowest BCUT2D eigenvalue weighted by Gasteiger charge is -2.09. The van der Waals surface area contributed by atoms with E-state index in [1.165, 1.54) is 24.3 Å². The first kappa shape index (κ1) is 16.9. The molecule has 8 heteroatoms. The van der Waals surface area contributed by atoms with Gasteiger partial charge in [0.2, 0.25) is 15.9 Å². The first-order chi connectivity index (χ1) is 11.3. The Kier molecular flexibility index (Phi) is 4.58. The molecule has 0 unspecified atom stereocenters. The van der Waals surface area contributed by atoms with Crippen molar-refractivity contribution in [1.29, 1.82) is 0 Å². The number of anilines is 1. The lowest BCUT2D eigenvalue weighted by atomic mass is 10.1. The minimum absolute atomic E-state index is 0.0507. The highest BCUT2D eigenvalue weighted by Crippen LogP contribution is 2.25. The minimum atomic E-state index is -3.73. The number of carbonyl (C=O) groups excluding carboxylic acids is 1. The van der Waals surface area contributed by atoms with Gasteiger partial charge in [0, 0.05) is 17.3 Å². The molecule has 126 valence electrons. The highest BCUT2D eigenvalue weighted by molar-refractivity contribution is 7.89. The number of nitrogens with one attached hydrogen (secondary N) is 2. The van der Waals surface area contributed by atoms with Gasteiger partial charge in [-0.2, -0.15) is 0 Å². The first-order valence-corrected chi connectivity index (χ1v) is 9.08. The summed E-state index contributed by atoms with van der Waals surface area (Å²) in [6, 6.07) is 8.73. The van der Waals surface area contributed by atoms with Gasteiger partial charge in [-0.3, -0.25) is 4.79 Å². The molecule has 0 saturated heterocycles. The maximum atomic E-state index is 13.7. The maximum absolute atomic E-state index is 13.7. The third kappa shape index (κ3) is 3.58. The van der Waals surface area contributed by atoms with E-state index in [4.69, 9.17) is 11.6 Å². The second-order valence-electron chi connectivity index (χ2n) is 5.43. The highest BCUT2D eigenvalue weighted by Gasteiger charge is 2.21. The molecule has 0 atom stereocenters. The Morgan fingerprint density at radius 1 is 1.21 bits per heavy atom. The first-order valence-electron chi connectivity index (χ1n) is 7.21. The van der Waals surface area contributed by atoms with Crippen LogP contribution in [0, 0.1) is 5.82 Å². The van der Waals surface area contributed by atoms with Gasteiger partial charge in [-0.15, -0.1) is 0 Å². The van der Waals surface area contributed by atoms with Crippen molar-refractivity contribution in [3.63, 3.8) is 0 Å². The van der Waals surface area contributed by atoms with Crippen LogP contribution in [0.3, 0.4) is 0 Å². The number of rotatable bonds is 5. The van der Waals surface area contributed by atoms with Gasteiger partial charge in [0.05, 0.1) is 11.3 Å². The number of hydrogen-bond donors (Lipinski definition) is 2. The topological polar surface area (TPSA) is 75.3 Å². The molecule has 3 rings (SSSR count). The van der Waals surface area contributed by atoms with Gasteiger partial charge in [-0.05, 0) is 47.9 Å². The van der Waals surface area contributed by atoms with Crippen LogP contribution in [-0.4, -0.2) is 20.9 Å². The second-order valence-corrected chi connectivity index (χ2v) is 7.63. The van der Waals surface area contributed by atoms with E-state index in [1.807, 2.05) is 0 Å². The van der Waals surface area contributed by atoms with Crippen molar-refractivity contribution in [1.82, 2.24) is 4.72 Å². The van der Waals surface area contributed by atoms with Gasteiger partial charge in [0.1, 0.15) is 5.82 Å². The van der Waals surface area contributed by atoms with E-state index in [1.54, 1.807) is 12.1 Å². The maximum Gasteiger partial charge on any atom is 0.240 e. The van der Waals surface area contributed by atoms with Gasteiger partial charge in [-0.25, -0.2) is 17.5 Å². The normalized spacial score (nSPS) is 13.7. The average Bonchev–Trinajstić information content (AvgIpc) is 2.88. The van der Waals surface area contributed by atoms with Crippen molar-refractivity contribution < 1.29 is 17.6 Å². The summed E-state index contributed by atoms with van der Waals surface area (Å²) in [6.07, 6.45) is 0.363. The Morgan fingerprint density at radius 2 is 2.00 bits per heavy atom. The quantitative estimate of drug-likeness (QED) is 0.851. The number of benzene rings is 2. The van der Waals surface area contributed by atoms with Crippen molar-refractivity contribution >= 4 is 33.2 Å². The van der Waals surface area contributed by atoms with Crippen LogP contribution in [0.15, 0.2) is 41.3 Å². The molecule has 0 radical (unpaired) electrons. The molecule has 1 aliphatic rings. The van der Waals surface area contributed by atoms with Crippen molar-refractivity contribution in [2.75, 3.05) is 11.9 Å². The van der Waals surface area contributed by atoms with E-state index in [2.05, 4.69) is 10.0 Å². The summed E-state index contributed by atoms with van der Waals surface area (Å²) in [5.41, 5.74) is 1.65. The van der Waals surface area contributed by atoms with Gasteiger partial charge in [0.25, 0.3) is 0 Å². The Hall–Kier alpha value is -1.96. The van der Waals surface area contributed by atoms with E-state index < -0.39 is 15.8 Å². The van der Waals surface area contributed by atoms with Crippen molar-refractivity contribution in [2.24, 2.45) is 0 Å². The van der Waals surface area contributed by atoms with Crippen LogP contribution in [-0.2, 0) is 27.7 Å². The summed E-state index contributed by atoms with van der Waals surface area (Å²) >= 11 is 5.68. The van der Waals surface area contributed by atoms with Gasteiger partial charge in [-0.1, -0.05) is 17.7 Å². The molecule has 2 N–H and O–H groups in total. The molecule has 0 fully saturated rings. The Labute approximate surface area is 143 Å². The number of hydrogen-bond acceptors (Lipinski definition) is 3. The summed E-state index contributed by atoms with van der Waals surface area (Å²) < 4.78 is 40.7. The van der Waals surface area contributed by atoms with Crippen LogP contribution in [0.5, 0.6) is 0 Å². The molecule has 1 aliphatic heterocycles. The average molecular weight is 369 g/mol. The van der Waals surface area contributed by atoms with Crippen LogP contribution < -0.4 is 10.0 Å². The van der Waals surface area contributed by atoms with E-state index in [9.17, 15) is 17.6 Å². The molecular weight excluding hydrogens is 355 g/mol. The van der Waals surface area contributed by atoms with Crippen molar-refractivity contribution in [2.45, 2.75) is 17.7 Å². The van der Waals surface area contributed by atoms with E-state index in [0.717, 1.165) is 0 Å². The Morgan fingerprint density at radius 3 is 2.75 bits per heavy atom. The molecule has 0 aliphatic carbocycles. The molecule has 0 bridgehead atoms. The molecule has 5 nitrogen and oxygen atoms in total. The standard InChI is InChI=1S/C16H14ClFN2O3S/c17-12-2-1-10(14(18)9-12)5-6-19-24(22,23)13-3-4-15-11(7-13)8-16(21)20-15/h1-4,7,9,19H,5-6,8H2,(H,20,21). The molecule has 0 saturated carbocycles. The minimum Gasteiger partial charge on any atom is -0.326 e.